The van der Waals surface area contributed by atoms with Gasteiger partial charge in [-0.1, -0.05) is 12.1 Å². The van der Waals surface area contributed by atoms with Gasteiger partial charge in [-0.3, -0.25) is 0 Å². The summed E-state index contributed by atoms with van der Waals surface area (Å²) in [4.78, 5) is 10.6. The van der Waals surface area contributed by atoms with Gasteiger partial charge < -0.3 is 5.11 Å². The first-order valence-electron chi connectivity index (χ1n) is 4.77. The largest absolute Gasteiger partial charge is 0.478 e. The maximum absolute atomic E-state index is 11.9. The highest BCUT2D eigenvalue weighted by Crippen LogP contribution is 2.22. The van der Waals surface area contributed by atoms with E-state index >= 15 is 0 Å². The molecule has 0 aliphatic heterocycles. The molecule has 88 valence electrons. The van der Waals surface area contributed by atoms with Crippen molar-refractivity contribution in [2.45, 2.75) is 25.4 Å². The van der Waals surface area contributed by atoms with Crippen LogP contribution in [0.25, 0.3) is 0 Å². The fourth-order valence-electron chi connectivity index (χ4n) is 1.35. The predicted molar refractivity (Wildman–Crippen MR) is 52.4 cm³/mol. The number of carboxylic acid groups (broad SMARTS) is 1. The third kappa shape index (κ3) is 4.33. The van der Waals surface area contributed by atoms with Crippen LogP contribution in [-0.4, -0.2) is 17.3 Å². The minimum absolute atomic E-state index is 0.0213. The zero-order valence-electron chi connectivity index (χ0n) is 8.42. The van der Waals surface area contributed by atoms with Gasteiger partial charge in [-0.15, -0.1) is 0 Å². The first kappa shape index (κ1) is 12.5. The van der Waals surface area contributed by atoms with Crippen LogP contribution in [0.1, 0.15) is 28.8 Å². The number of carboxylic acids is 1. The molecule has 2 nitrogen and oxygen atoms in total. The first-order valence-corrected chi connectivity index (χ1v) is 4.77. The highest BCUT2D eigenvalue weighted by molar-refractivity contribution is 5.87. The van der Waals surface area contributed by atoms with Crippen molar-refractivity contribution in [2.75, 3.05) is 0 Å². The van der Waals surface area contributed by atoms with E-state index in [-0.39, 0.29) is 18.4 Å². The Morgan fingerprint density at radius 2 is 2.00 bits per heavy atom. The molecule has 0 saturated carbocycles. The fourth-order valence-corrected chi connectivity index (χ4v) is 1.35. The van der Waals surface area contributed by atoms with E-state index in [0.29, 0.717) is 5.56 Å². The van der Waals surface area contributed by atoms with Crippen LogP contribution in [0, 0.1) is 0 Å². The number of hydrogen-bond acceptors (Lipinski definition) is 1. The standard InChI is InChI=1S/C11H11F3O2/c12-11(13,14)6-2-4-8-3-1-5-9(7-8)10(15)16/h1,3,5,7H,2,4,6H2,(H,15,16). The lowest BCUT2D eigenvalue weighted by Gasteiger charge is -2.06. The monoisotopic (exact) mass is 232 g/mol. The number of aryl methyl sites for hydroxylation is 1. The topological polar surface area (TPSA) is 37.3 Å². The quantitative estimate of drug-likeness (QED) is 0.864. The van der Waals surface area contributed by atoms with Gasteiger partial charge in [-0.25, -0.2) is 4.79 Å². The van der Waals surface area contributed by atoms with Crippen LogP contribution >= 0.6 is 0 Å². The van der Waals surface area contributed by atoms with Crippen molar-refractivity contribution >= 4 is 5.97 Å². The molecule has 0 unspecified atom stereocenters. The first-order chi connectivity index (χ1) is 7.38. The summed E-state index contributed by atoms with van der Waals surface area (Å²) in [6, 6.07) is 5.98. The van der Waals surface area contributed by atoms with Gasteiger partial charge >= 0.3 is 12.1 Å². The maximum atomic E-state index is 11.9. The van der Waals surface area contributed by atoms with Crippen molar-refractivity contribution in [1.82, 2.24) is 0 Å². The molecule has 1 N–H and O–H groups in total. The SMILES string of the molecule is O=C(O)c1cccc(CCCC(F)(F)F)c1. The molecule has 0 amide bonds. The number of rotatable bonds is 4. The third-order valence-corrected chi connectivity index (χ3v) is 2.10. The number of halogens is 3. The molecule has 1 rings (SSSR count). The summed E-state index contributed by atoms with van der Waals surface area (Å²) in [5.41, 5.74) is 0.716. The average Bonchev–Trinajstić information content (AvgIpc) is 2.16. The second kappa shape index (κ2) is 5.01. The van der Waals surface area contributed by atoms with Gasteiger partial charge in [0.25, 0.3) is 0 Å². The number of hydrogen-bond donors (Lipinski definition) is 1. The Kier molecular flexibility index (Phi) is 3.93. The van der Waals surface area contributed by atoms with Crippen LogP contribution in [0.3, 0.4) is 0 Å². The summed E-state index contributed by atoms with van der Waals surface area (Å²) in [5.74, 6) is -1.07. The lowest BCUT2D eigenvalue weighted by Crippen LogP contribution is -2.07. The fraction of sp³-hybridized carbons (Fsp3) is 0.364. The Bertz CT molecular complexity index is 372. The molecule has 0 aliphatic rings. The molecule has 0 spiro atoms. The Hall–Kier alpha value is -1.52. The molecule has 1 aromatic rings. The van der Waals surface area contributed by atoms with Crippen molar-refractivity contribution in [3.63, 3.8) is 0 Å². The maximum Gasteiger partial charge on any atom is 0.389 e. The van der Waals surface area contributed by atoms with E-state index in [1.54, 1.807) is 6.07 Å². The van der Waals surface area contributed by atoms with E-state index in [9.17, 15) is 18.0 Å². The van der Waals surface area contributed by atoms with Crippen molar-refractivity contribution < 1.29 is 23.1 Å². The number of aromatic carboxylic acids is 1. The lowest BCUT2D eigenvalue weighted by molar-refractivity contribution is -0.135. The average molecular weight is 232 g/mol. The van der Waals surface area contributed by atoms with Gasteiger partial charge in [0.15, 0.2) is 0 Å². The van der Waals surface area contributed by atoms with Gasteiger partial charge in [-0.2, -0.15) is 13.2 Å². The Balaban J connectivity index is 2.55. The molecule has 0 fully saturated rings. The normalized spacial score (nSPS) is 11.4. The third-order valence-electron chi connectivity index (χ3n) is 2.10. The summed E-state index contributed by atoms with van der Waals surface area (Å²) in [6.07, 6.45) is -4.78. The predicted octanol–water partition coefficient (Wildman–Crippen LogP) is 3.27. The van der Waals surface area contributed by atoms with Crippen molar-refractivity contribution in [3.8, 4) is 0 Å². The van der Waals surface area contributed by atoms with Gasteiger partial charge in [0.1, 0.15) is 0 Å². The molecule has 0 saturated heterocycles. The second-order valence-corrected chi connectivity index (χ2v) is 3.47. The summed E-state index contributed by atoms with van der Waals surface area (Å²) in [5, 5.41) is 8.68. The molecule has 0 radical (unpaired) electrons. The van der Waals surface area contributed by atoms with Gasteiger partial charge in [0.05, 0.1) is 5.56 Å². The van der Waals surface area contributed by atoms with Crippen molar-refractivity contribution in [3.05, 3.63) is 35.4 Å². The van der Waals surface area contributed by atoms with Gasteiger partial charge in [-0.05, 0) is 30.5 Å². The summed E-state index contributed by atoms with van der Waals surface area (Å²) >= 11 is 0. The van der Waals surface area contributed by atoms with E-state index in [2.05, 4.69) is 0 Å². The Morgan fingerprint density at radius 1 is 1.31 bits per heavy atom. The Labute approximate surface area is 90.7 Å². The number of benzene rings is 1. The molecule has 5 heteroatoms. The Morgan fingerprint density at radius 3 is 2.56 bits per heavy atom. The van der Waals surface area contributed by atoms with E-state index in [1.807, 2.05) is 0 Å². The number of carbonyl (C=O) groups is 1. The van der Waals surface area contributed by atoms with Crippen LogP contribution in [-0.2, 0) is 6.42 Å². The van der Waals surface area contributed by atoms with Crippen LogP contribution in [0.5, 0.6) is 0 Å². The zero-order valence-corrected chi connectivity index (χ0v) is 8.42. The number of alkyl halides is 3. The molecule has 0 atom stereocenters. The van der Waals surface area contributed by atoms with E-state index in [4.69, 9.17) is 5.11 Å². The van der Waals surface area contributed by atoms with Crippen LogP contribution in [0.4, 0.5) is 13.2 Å². The highest BCUT2D eigenvalue weighted by Gasteiger charge is 2.25. The van der Waals surface area contributed by atoms with Gasteiger partial charge in [0, 0.05) is 6.42 Å². The summed E-state index contributed by atoms with van der Waals surface area (Å²) in [6.45, 7) is 0. The van der Waals surface area contributed by atoms with Crippen LogP contribution in [0.2, 0.25) is 0 Å². The molecular weight excluding hydrogens is 221 g/mol. The van der Waals surface area contributed by atoms with Crippen molar-refractivity contribution in [2.24, 2.45) is 0 Å². The summed E-state index contributed by atoms with van der Waals surface area (Å²) in [7, 11) is 0. The summed E-state index contributed by atoms with van der Waals surface area (Å²) < 4.78 is 35.6. The molecule has 0 aromatic heterocycles. The minimum Gasteiger partial charge on any atom is -0.478 e. The molecule has 0 bridgehead atoms. The van der Waals surface area contributed by atoms with Crippen molar-refractivity contribution in [1.29, 1.82) is 0 Å². The lowest BCUT2D eigenvalue weighted by atomic mass is 10.1. The van der Waals surface area contributed by atoms with Crippen LogP contribution in [0.15, 0.2) is 24.3 Å². The van der Waals surface area contributed by atoms with Crippen LogP contribution < -0.4 is 0 Å². The molecule has 0 aliphatic carbocycles. The molecule has 0 heterocycles. The molecule has 16 heavy (non-hydrogen) atoms. The molecule has 1 aromatic carbocycles. The van der Waals surface area contributed by atoms with E-state index < -0.39 is 18.6 Å². The molecular formula is C11H11F3O2. The van der Waals surface area contributed by atoms with E-state index in [1.165, 1.54) is 18.2 Å². The van der Waals surface area contributed by atoms with Gasteiger partial charge in [0.2, 0.25) is 0 Å². The van der Waals surface area contributed by atoms with E-state index in [0.717, 1.165) is 0 Å². The zero-order chi connectivity index (χ0) is 12.2. The highest BCUT2D eigenvalue weighted by atomic mass is 19.4. The minimum atomic E-state index is -4.15. The second-order valence-electron chi connectivity index (χ2n) is 3.47. The smallest absolute Gasteiger partial charge is 0.389 e.